The number of carbonyl (C=O) groups excluding carboxylic acids is 1. The van der Waals surface area contributed by atoms with Crippen LogP contribution in [0.2, 0.25) is 0 Å². The van der Waals surface area contributed by atoms with E-state index in [9.17, 15) is 4.79 Å². The first-order valence-electron chi connectivity index (χ1n) is 7.46. The number of hydrogen-bond acceptors (Lipinski definition) is 7. The van der Waals surface area contributed by atoms with Crippen molar-refractivity contribution < 1.29 is 14.3 Å². The van der Waals surface area contributed by atoms with E-state index in [1.165, 1.54) is 24.8 Å². The molecule has 0 spiro atoms. The molecule has 0 radical (unpaired) electrons. The summed E-state index contributed by atoms with van der Waals surface area (Å²) in [6.45, 7) is 4.45. The highest BCUT2D eigenvalue weighted by Crippen LogP contribution is 2.34. The van der Waals surface area contributed by atoms with Crippen molar-refractivity contribution in [3.63, 3.8) is 0 Å². The third-order valence-corrected chi connectivity index (χ3v) is 4.71. The number of ether oxygens (including phenoxy) is 2. The lowest BCUT2D eigenvalue weighted by atomic mass is 10.2. The third-order valence-electron chi connectivity index (χ3n) is 3.53. The zero-order valence-corrected chi connectivity index (χ0v) is 14.4. The molecule has 6 nitrogen and oxygen atoms in total. The van der Waals surface area contributed by atoms with Gasteiger partial charge in [-0.2, -0.15) is 0 Å². The Hall–Kier alpha value is -2.67. The second-order valence-corrected chi connectivity index (χ2v) is 6.03. The molecule has 0 aliphatic carbocycles. The van der Waals surface area contributed by atoms with Crippen molar-refractivity contribution in [1.82, 2.24) is 9.97 Å². The second-order valence-electron chi connectivity index (χ2n) is 5.03. The minimum atomic E-state index is -0.359. The molecule has 2 aromatic heterocycles. The van der Waals surface area contributed by atoms with Gasteiger partial charge in [-0.15, -0.1) is 11.3 Å². The molecule has 24 heavy (non-hydrogen) atoms. The number of esters is 1. The van der Waals surface area contributed by atoms with Crippen LogP contribution in [-0.4, -0.2) is 29.7 Å². The fourth-order valence-electron chi connectivity index (χ4n) is 2.39. The van der Waals surface area contributed by atoms with Crippen LogP contribution in [0, 0.1) is 6.92 Å². The number of nitrogens with zero attached hydrogens (tertiary/aromatic N) is 2. The molecule has 0 bridgehead atoms. The Morgan fingerprint density at radius 3 is 2.67 bits per heavy atom. The van der Waals surface area contributed by atoms with Crippen molar-refractivity contribution in [2.45, 2.75) is 13.8 Å². The molecule has 0 amide bonds. The van der Waals surface area contributed by atoms with Crippen LogP contribution in [0.4, 0.5) is 11.5 Å². The van der Waals surface area contributed by atoms with Gasteiger partial charge in [0, 0.05) is 5.69 Å². The highest BCUT2D eigenvalue weighted by Gasteiger charge is 2.19. The van der Waals surface area contributed by atoms with E-state index in [0.717, 1.165) is 27.2 Å². The van der Waals surface area contributed by atoms with Crippen LogP contribution in [0.1, 0.15) is 22.2 Å². The van der Waals surface area contributed by atoms with Crippen LogP contribution in [-0.2, 0) is 4.74 Å². The number of aryl methyl sites for hydroxylation is 1. The highest BCUT2D eigenvalue weighted by atomic mass is 32.1. The van der Waals surface area contributed by atoms with Gasteiger partial charge in [-0.05, 0) is 43.7 Å². The van der Waals surface area contributed by atoms with E-state index in [0.29, 0.717) is 17.3 Å². The average molecular weight is 343 g/mol. The van der Waals surface area contributed by atoms with Crippen LogP contribution >= 0.6 is 11.3 Å². The molecule has 0 unspecified atom stereocenters. The Morgan fingerprint density at radius 1 is 1.25 bits per heavy atom. The minimum Gasteiger partial charge on any atom is -0.494 e. The van der Waals surface area contributed by atoms with Crippen molar-refractivity contribution in [3.8, 4) is 5.75 Å². The van der Waals surface area contributed by atoms with E-state index in [2.05, 4.69) is 15.3 Å². The maximum atomic E-state index is 11.9. The average Bonchev–Trinajstić information content (AvgIpc) is 2.94. The van der Waals surface area contributed by atoms with Crippen LogP contribution in [0.5, 0.6) is 5.75 Å². The summed E-state index contributed by atoms with van der Waals surface area (Å²) >= 11 is 1.30. The fourth-order valence-corrected chi connectivity index (χ4v) is 3.46. The number of thiophene rings is 1. The molecule has 1 N–H and O–H groups in total. The van der Waals surface area contributed by atoms with Gasteiger partial charge in [0.15, 0.2) is 0 Å². The van der Waals surface area contributed by atoms with Gasteiger partial charge < -0.3 is 14.8 Å². The lowest BCUT2D eigenvalue weighted by Gasteiger charge is -2.08. The molecule has 2 heterocycles. The van der Waals surface area contributed by atoms with Crippen molar-refractivity contribution in [2.24, 2.45) is 0 Å². The SMILES string of the molecule is CCOc1ccc(Nc2ncnc3sc(C(=O)OC)c(C)c23)cc1. The summed E-state index contributed by atoms with van der Waals surface area (Å²) in [5.41, 5.74) is 1.69. The summed E-state index contributed by atoms with van der Waals surface area (Å²) in [6, 6.07) is 7.62. The Morgan fingerprint density at radius 2 is 2.00 bits per heavy atom. The predicted molar refractivity (Wildman–Crippen MR) is 94.4 cm³/mol. The Labute approximate surface area is 143 Å². The number of benzene rings is 1. The van der Waals surface area contributed by atoms with Gasteiger partial charge in [-0.1, -0.05) is 0 Å². The summed E-state index contributed by atoms with van der Waals surface area (Å²) in [7, 11) is 1.37. The van der Waals surface area contributed by atoms with Gasteiger partial charge in [0.1, 0.15) is 27.6 Å². The van der Waals surface area contributed by atoms with Crippen molar-refractivity contribution in [1.29, 1.82) is 0 Å². The highest BCUT2D eigenvalue weighted by molar-refractivity contribution is 7.20. The van der Waals surface area contributed by atoms with Gasteiger partial charge in [0.2, 0.25) is 0 Å². The maximum absolute atomic E-state index is 11.9. The molecule has 7 heteroatoms. The summed E-state index contributed by atoms with van der Waals surface area (Å²) in [4.78, 5) is 21.8. The topological polar surface area (TPSA) is 73.3 Å². The van der Waals surface area contributed by atoms with Crippen molar-refractivity contribution in [3.05, 3.63) is 41.0 Å². The zero-order valence-electron chi connectivity index (χ0n) is 13.6. The first-order valence-corrected chi connectivity index (χ1v) is 8.28. The van der Waals surface area contributed by atoms with E-state index in [1.807, 2.05) is 38.1 Å². The number of nitrogens with one attached hydrogen (secondary N) is 1. The fraction of sp³-hybridized carbons (Fsp3) is 0.235. The lowest BCUT2D eigenvalue weighted by molar-refractivity contribution is 0.0605. The van der Waals surface area contributed by atoms with E-state index in [4.69, 9.17) is 9.47 Å². The van der Waals surface area contributed by atoms with Crippen LogP contribution in [0.3, 0.4) is 0 Å². The molecule has 0 saturated carbocycles. The monoisotopic (exact) mass is 343 g/mol. The number of methoxy groups -OCH3 is 1. The van der Waals surface area contributed by atoms with Gasteiger partial charge in [-0.3, -0.25) is 0 Å². The maximum Gasteiger partial charge on any atom is 0.348 e. The lowest BCUT2D eigenvalue weighted by Crippen LogP contribution is -2.00. The number of fused-ring (bicyclic) bond motifs is 1. The summed E-state index contributed by atoms with van der Waals surface area (Å²) < 4.78 is 10.3. The Kier molecular flexibility index (Phi) is 4.61. The molecule has 0 fully saturated rings. The predicted octanol–water partition coefficient (Wildman–Crippen LogP) is 3.93. The minimum absolute atomic E-state index is 0.359. The van der Waals surface area contributed by atoms with Gasteiger partial charge in [0.25, 0.3) is 0 Å². The number of anilines is 2. The normalized spacial score (nSPS) is 10.6. The molecule has 3 rings (SSSR count). The molecular formula is C17H17N3O3S. The van der Waals surface area contributed by atoms with E-state index >= 15 is 0 Å². The van der Waals surface area contributed by atoms with Crippen molar-refractivity contribution >= 4 is 39.0 Å². The van der Waals surface area contributed by atoms with Gasteiger partial charge in [0.05, 0.1) is 19.1 Å². The summed E-state index contributed by atoms with van der Waals surface area (Å²) in [5.74, 6) is 1.12. The molecule has 0 atom stereocenters. The van der Waals surface area contributed by atoms with Crippen LogP contribution < -0.4 is 10.1 Å². The van der Waals surface area contributed by atoms with Crippen LogP contribution in [0.15, 0.2) is 30.6 Å². The molecule has 3 aromatic rings. The number of hydrogen-bond donors (Lipinski definition) is 1. The zero-order chi connectivity index (χ0) is 17.1. The number of rotatable bonds is 5. The van der Waals surface area contributed by atoms with Gasteiger partial charge in [-0.25, -0.2) is 14.8 Å². The van der Waals surface area contributed by atoms with E-state index < -0.39 is 0 Å². The Bertz CT molecular complexity index is 875. The standard InChI is InChI=1S/C17H17N3O3S/c1-4-23-12-7-5-11(6-8-12)20-15-13-10(2)14(17(21)22-3)24-16(13)19-9-18-15/h5-9H,4H2,1-3H3,(H,18,19,20). The summed E-state index contributed by atoms with van der Waals surface area (Å²) in [6.07, 6.45) is 1.48. The molecule has 1 aromatic carbocycles. The molecule has 0 aliphatic rings. The molecular weight excluding hydrogens is 326 g/mol. The quantitative estimate of drug-likeness (QED) is 0.708. The largest absolute Gasteiger partial charge is 0.494 e. The first kappa shape index (κ1) is 16.2. The van der Waals surface area contributed by atoms with Gasteiger partial charge >= 0.3 is 5.97 Å². The molecule has 0 aliphatic heterocycles. The first-order chi connectivity index (χ1) is 11.6. The second kappa shape index (κ2) is 6.84. The van der Waals surface area contributed by atoms with Crippen molar-refractivity contribution in [2.75, 3.05) is 19.0 Å². The Balaban J connectivity index is 1.97. The number of carbonyl (C=O) groups is 1. The molecule has 0 saturated heterocycles. The summed E-state index contributed by atoms with van der Waals surface area (Å²) in [5, 5.41) is 4.11. The van der Waals surface area contributed by atoms with E-state index in [1.54, 1.807) is 0 Å². The number of aromatic nitrogens is 2. The van der Waals surface area contributed by atoms with Crippen LogP contribution in [0.25, 0.3) is 10.2 Å². The smallest absolute Gasteiger partial charge is 0.348 e. The third kappa shape index (κ3) is 3.03. The van der Waals surface area contributed by atoms with E-state index in [-0.39, 0.29) is 5.97 Å². The molecule has 124 valence electrons.